The van der Waals surface area contributed by atoms with E-state index in [9.17, 15) is 5.26 Å². The highest BCUT2D eigenvalue weighted by Crippen LogP contribution is 2.35. The maximum Gasteiger partial charge on any atom is 0.161 e. The molecular formula is C18H17ClN2O2. The van der Waals surface area contributed by atoms with Gasteiger partial charge in [0, 0.05) is 18.1 Å². The molecule has 0 saturated carbocycles. The quantitative estimate of drug-likeness (QED) is 0.860. The molecular weight excluding hydrogens is 312 g/mol. The Morgan fingerprint density at radius 2 is 1.78 bits per heavy atom. The Balaban J connectivity index is 1.97. The lowest BCUT2D eigenvalue weighted by molar-refractivity contribution is 0.353. The van der Waals surface area contributed by atoms with Gasteiger partial charge in [-0.3, -0.25) is 0 Å². The number of hydrogen-bond donors (Lipinski definition) is 0. The summed E-state index contributed by atoms with van der Waals surface area (Å²) in [4.78, 5) is 2.18. The molecule has 0 atom stereocenters. The van der Waals surface area contributed by atoms with Crippen molar-refractivity contribution in [1.29, 1.82) is 5.26 Å². The average molecular weight is 329 g/mol. The van der Waals surface area contributed by atoms with Crippen LogP contribution in [0.5, 0.6) is 11.5 Å². The molecule has 3 rings (SSSR count). The highest BCUT2D eigenvalue weighted by Gasteiger charge is 2.21. The first kappa shape index (κ1) is 15.5. The van der Waals surface area contributed by atoms with Crippen molar-refractivity contribution >= 4 is 17.3 Å². The number of nitrogens with zero attached hydrogens (tertiary/aromatic N) is 2. The minimum Gasteiger partial charge on any atom is -0.493 e. The van der Waals surface area contributed by atoms with E-state index >= 15 is 0 Å². The number of nitriles is 1. The van der Waals surface area contributed by atoms with Gasteiger partial charge in [-0.15, -0.1) is 0 Å². The standard InChI is InChI=1S/C18H17ClN2O2/c1-22-17-7-12-5-6-21(11-14(12)8-18(17)23-2)16-9-15(19)4-3-13(16)10-20/h3-4,7-9H,5-6,11H2,1-2H3. The van der Waals surface area contributed by atoms with Gasteiger partial charge < -0.3 is 14.4 Å². The van der Waals surface area contributed by atoms with Crippen LogP contribution in [0.1, 0.15) is 16.7 Å². The Labute approximate surface area is 140 Å². The molecule has 0 N–H and O–H groups in total. The van der Waals surface area contributed by atoms with Gasteiger partial charge in [0.1, 0.15) is 6.07 Å². The van der Waals surface area contributed by atoms with Gasteiger partial charge in [-0.1, -0.05) is 11.6 Å². The summed E-state index contributed by atoms with van der Waals surface area (Å²) in [6.07, 6.45) is 0.882. The number of rotatable bonds is 3. The highest BCUT2D eigenvalue weighted by molar-refractivity contribution is 6.30. The molecule has 118 valence electrons. The van der Waals surface area contributed by atoms with Crippen LogP contribution < -0.4 is 14.4 Å². The van der Waals surface area contributed by atoms with Gasteiger partial charge in [0.25, 0.3) is 0 Å². The van der Waals surface area contributed by atoms with Crippen LogP contribution in [0, 0.1) is 11.3 Å². The smallest absolute Gasteiger partial charge is 0.161 e. The van der Waals surface area contributed by atoms with Gasteiger partial charge in [0.2, 0.25) is 0 Å². The largest absolute Gasteiger partial charge is 0.493 e. The summed E-state index contributed by atoms with van der Waals surface area (Å²) in [5.41, 5.74) is 3.94. The van der Waals surface area contributed by atoms with Crippen molar-refractivity contribution in [2.45, 2.75) is 13.0 Å². The van der Waals surface area contributed by atoms with Crippen LogP contribution in [0.25, 0.3) is 0 Å². The first-order valence-electron chi connectivity index (χ1n) is 7.34. The van der Waals surface area contributed by atoms with Gasteiger partial charge in [-0.2, -0.15) is 5.26 Å². The maximum atomic E-state index is 9.33. The lowest BCUT2D eigenvalue weighted by Crippen LogP contribution is -2.31. The van der Waals surface area contributed by atoms with Gasteiger partial charge >= 0.3 is 0 Å². The fourth-order valence-electron chi connectivity index (χ4n) is 2.95. The zero-order chi connectivity index (χ0) is 16.4. The predicted octanol–water partition coefficient (Wildman–Crippen LogP) is 3.79. The molecule has 0 saturated heterocycles. The third kappa shape index (κ3) is 2.93. The number of hydrogen-bond acceptors (Lipinski definition) is 4. The highest BCUT2D eigenvalue weighted by atomic mass is 35.5. The molecule has 1 heterocycles. The normalized spacial score (nSPS) is 13.2. The minimum absolute atomic E-state index is 0.636. The van der Waals surface area contributed by atoms with Crippen molar-refractivity contribution in [3.05, 3.63) is 52.0 Å². The summed E-state index contributed by atoms with van der Waals surface area (Å²) < 4.78 is 10.8. The molecule has 0 unspecified atom stereocenters. The van der Waals surface area contributed by atoms with Crippen LogP contribution in [0.3, 0.4) is 0 Å². The second-order valence-corrected chi connectivity index (χ2v) is 5.86. The zero-order valence-corrected chi connectivity index (χ0v) is 13.9. The number of benzene rings is 2. The molecule has 0 fully saturated rings. The molecule has 1 aliphatic rings. The van der Waals surface area contributed by atoms with Crippen molar-refractivity contribution in [3.8, 4) is 17.6 Å². The summed E-state index contributed by atoms with van der Waals surface area (Å²) >= 11 is 6.11. The molecule has 5 heteroatoms. The monoisotopic (exact) mass is 328 g/mol. The number of anilines is 1. The van der Waals surface area contributed by atoms with Crippen molar-refractivity contribution in [3.63, 3.8) is 0 Å². The van der Waals surface area contributed by atoms with E-state index in [1.54, 1.807) is 26.4 Å². The maximum absolute atomic E-state index is 9.33. The van der Waals surface area contributed by atoms with E-state index in [1.807, 2.05) is 18.2 Å². The number of halogens is 1. The summed E-state index contributed by atoms with van der Waals surface area (Å²) in [5.74, 6) is 1.47. The molecule has 2 aromatic carbocycles. The SMILES string of the molecule is COc1cc2c(cc1OC)CN(c1cc(Cl)ccc1C#N)CC2. The van der Waals surface area contributed by atoms with E-state index < -0.39 is 0 Å². The Kier molecular flexibility index (Phi) is 4.31. The van der Waals surface area contributed by atoms with Gasteiger partial charge in [-0.05, 0) is 47.9 Å². The van der Waals surface area contributed by atoms with Crippen molar-refractivity contribution in [1.82, 2.24) is 0 Å². The number of methoxy groups -OCH3 is 2. The molecule has 0 amide bonds. The minimum atomic E-state index is 0.636. The van der Waals surface area contributed by atoms with E-state index in [0.717, 1.165) is 30.2 Å². The van der Waals surface area contributed by atoms with Crippen LogP contribution in [0.15, 0.2) is 30.3 Å². The molecule has 0 spiro atoms. The van der Waals surface area contributed by atoms with E-state index in [2.05, 4.69) is 11.0 Å². The van der Waals surface area contributed by atoms with E-state index in [1.165, 1.54) is 11.1 Å². The van der Waals surface area contributed by atoms with E-state index in [4.69, 9.17) is 21.1 Å². The van der Waals surface area contributed by atoms with Crippen LogP contribution in [0.4, 0.5) is 5.69 Å². The second-order valence-electron chi connectivity index (χ2n) is 5.42. The third-order valence-corrected chi connectivity index (χ3v) is 4.37. The Morgan fingerprint density at radius 3 is 2.43 bits per heavy atom. The van der Waals surface area contributed by atoms with Crippen LogP contribution in [-0.2, 0) is 13.0 Å². The molecule has 4 nitrogen and oxygen atoms in total. The van der Waals surface area contributed by atoms with Crippen LogP contribution in [0.2, 0.25) is 5.02 Å². The second kappa shape index (κ2) is 6.39. The first-order chi connectivity index (χ1) is 11.2. The number of fused-ring (bicyclic) bond motifs is 1. The van der Waals surface area contributed by atoms with Gasteiger partial charge in [-0.25, -0.2) is 0 Å². The molecule has 2 aromatic rings. The predicted molar refractivity (Wildman–Crippen MR) is 90.5 cm³/mol. The fourth-order valence-corrected chi connectivity index (χ4v) is 3.12. The topological polar surface area (TPSA) is 45.5 Å². The fraction of sp³-hybridized carbons (Fsp3) is 0.278. The van der Waals surface area contributed by atoms with Crippen molar-refractivity contribution < 1.29 is 9.47 Å². The molecule has 0 radical (unpaired) electrons. The summed E-state index contributed by atoms with van der Waals surface area (Å²) in [7, 11) is 3.28. The van der Waals surface area contributed by atoms with E-state index in [-0.39, 0.29) is 0 Å². The lowest BCUT2D eigenvalue weighted by Gasteiger charge is -2.32. The molecule has 1 aliphatic heterocycles. The van der Waals surface area contributed by atoms with Crippen LogP contribution >= 0.6 is 11.6 Å². The Hall–Kier alpha value is -2.38. The van der Waals surface area contributed by atoms with Crippen molar-refractivity contribution in [2.75, 3.05) is 25.7 Å². The Bertz CT molecular complexity index is 783. The van der Waals surface area contributed by atoms with E-state index in [0.29, 0.717) is 17.1 Å². The summed E-state index contributed by atoms with van der Waals surface area (Å²) in [6.45, 7) is 1.54. The summed E-state index contributed by atoms with van der Waals surface area (Å²) in [6, 6.07) is 11.7. The van der Waals surface area contributed by atoms with Crippen LogP contribution in [-0.4, -0.2) is 20.8 Å². The molecule has 0 aromatic heterocycles. The summed E-state index contributed by atoms with van der Waals surface area (Å²) in [5, 5.41) is 9.97. The first-order valence-corrected chi connectivity index (χ1v) is 7.72. The van der Waals surface area contributed by atoms with Gasteiger partial charge in [0.15, 0.2) is 11.5 Å². The lowest BCUT2D eigenvalue weighted by atomic mass is 9.97. The molecule has 0 aliphatic carbocycles. The Morgan fingerprint density at radius 1 is 1.09 bits per heavy atom. The van der Waals surface area contributed by atoms with Crippen molar-refractivity contribution in [2.24, 2.45) is 0 Å². The third-order valence-electron chi connectivity index (χ3n) is 4.14. The zero-order valence-electron chi connectivity index (χ0n) is 13.1. The number of ether oxygens (including phenoxy) is 2. The molecule has 23 heavy (non-hydrogen) atoms. The average Bonchev–Trinajstić information content (AvgIpc) is 2.59. The van der Waals surface area contributed by atoms with Gasteiger partial charge in [0.05, 0.1) is 25.5 Å². The molecule has 0 bridgehead atoms.